The summed E-state index contributed by atoms with van der Waals surface area (Å²) in [5.74, 6) is 5.50. The molecule has 5 heteroatoms. The van der Waals surface area contributed by atoms with Crippen molar-refractivity contribution >= 4 is 5.82 Å². The van der Waals surface area contributed by atoms with E-state index in [0.29, 0.717) is 5.82 Å². The van der Waals surface area contributed by atoms with Crippen LogP contribution in [0.25, 0.3) is 0 Å². The van der Waals surface area contributed by atoms with Gasteiger partial charge in [-0.1, -0.05) is 6.07 Å². The first-order chi connectivity index (χ1) is 5.33. The lowest BCUT2D eigenvalue weighted by molar-refractivity contribution is 0.166. The van der Waals surface area contributed by atoms with Gasteiger partial charge in [0, 0.05) is 6.20 Å². The maximum atomic E-state index is 8.92. The average Bonchev–Trinajstić information content (AvgIpc) is 2.06. The number of anilines is 1. The highest BCUT2D eigenvalue weighted by Gasteiger charge is 1.97. The third-order valence-electron chi connectivity index (χ3n) is 1.11. The lowest BCUT2D eigenvalue weighted by Gasteiger charge is -2.10. The van der Waals surface area contributed by atoms with Crippen LogP contribution in [0.1, 0.15) is 0 Å². The first kappa shape index (κ1) is 7.93. The number of rotatable bonds is 3. The summed E-state index contributed by atoms with van der Waals surface area (Å²) in [6.07, 6.45) is 0.649. The Morgan fingerprint density at radius 3 is 2.91 bits per heavy atom. The topological polar surface area (TPSA) is 83.2 Å². The minimum Gasteiger partial charge on any atom is -0.360 e. The summed E-state index contributed by atoms with van der Waals surface area (Å²) < 4.78 is 0. The molecule has 11 heavy (non-hydrogen) atoms. The predicted molar refractivity (Wildman–Crippen MR) is 41.2 cm³/mol. The van der Waals surface area contributed by atoms with Crippen LogP contribution in [-0.4, -0.2) is 16.4 Å². The first-order valence-corrected chi connectivity index (χ1v) is 3.14. The van der Waals surface area contributed by atoms with Crippen LogP contribution in [0.2, 0.25) is 0 Å². The molecule has 1 rings (SSSR count). The van der Waals surface area contributed by atoms with Gasteiger partial charge >= 0.3 is 0 Å². The normalized spacial score (nSPS) is 12.5. The number of hydrazine groups is 1. The van der Waals surface area contributed by atoms with Crippen LogP contribution in [0.5, 0.6) is 0 Å². The van der Waals surface area contributed by atoms with E-state index >= 15 is 0 Å². The van der Waals surface area contributed by atoms with Crippen LogP contribution >= 0.6 is 0 Å². The van der Waals surface area contributed by atoms with Crippen molar-refractivity contribution < 1.29 is 5.11 Å². The van der Waals surface area contributed by atoms with Gasteiger partial charge in [0.2, 0.25) is 0 Å². The zero-order chi connectivity index (χ0) is 8.10. The molecule has 0 fully saturated rings. The van der Waals surface area contributed by atoms with Crippen molar-refractivity contribution in [3.63, 3.8) is 0 Å². The molecule has 0 amide bonds. The van der Waals surface area contributed by atoms with E-state index < -0.39 is 6.35 Å². The van der Waals surface area contributed by atoms with Crippen molar-refractivity contribution in [2.45, 2.75) is 6.35 Å². The van der Waals surface area contributed by atoms with Crippen LogP contribution in [-0.2, 0) is 0 Å². The average molecular weight is 154 g/mol. The van der Waals surface area contributed by atoms with Crippen LogP contribution in [0.4, 0.5) is 5.82 Å². The smallest absolute Gasteiger partial charge is 0.195 e. The molecule has 0 aliphatic rings. The van der Waals surface area contributed by atoms with E-state index in [2.05, 4.69) is 15.7 Å². The zero-order valence-electron chi connectivity index (χ0n) is 5.86. The Morgan fingerprint density at radius 2 is 2.36 bits per heavy atom. The monoisotopic (exact) mass is 154 g/mol. The van der Waals surface area contributed by atoms with Crippen molar-refractivity contribution in [1.82, 2.24) is 10.4 Å². The maximum Gasteiger partial charge on any atom is 0.195 e. The Kier molecular flexibility index (Phi) is 2.79. The lowest BCUT2D eigenvalue weighted by atomic mass is 10.5. The van der Waals surface area contributed by atoms with Gasteiger partial charge in [-0.05, 0) is 12.1 Å². The van der Waals surface area contributed by atoms with Crippen molar-refractivity contribution in [3.8, 4) is 0 Å². The van der Waals surface area contributed by atoms with Gasteiger partial charge in [-0.3, -0.25) is 5.84 Å². The number of nitrogens with one attached hydrogen (secondary N) is 2. The van der Waals surface area contributed by atoms with Crippen molar-refractivity contribution in [3.05, 3.63) is 24.4 Å². The van der Waals surface area contributed by atoms with Gasteiger partial charge in [0.05, 0.1) is 0 Å². The SMILES string of the molecule is NN[C@@H](O)Nc1ccccn1. The number of aliphatic hydroxyl groups is 1. The van der Waals surface area contributed by atoms with E-state index in [1.807, 2.05) is 0 Å². The highest BCUT2D eigenvalue weighted by molar-refractivity contribution is 5.33. The van der Waals surface area contributed by atoms with Gasteiger partial charge in [-0.25, -0.2) is 10.4 Å². The van der Waals surface area contributed by atoms with Gasteiger partial charge in [-0.2, -0.15) is 0 Å². The quantitative estimate of drug-likeness (QED) is 0.261. The molecule has 1 heterocycles. The van der Waals surface area contributed by atoms with Gasteiger partial charge in [0.15, 0.2) is 6.35 Å². The molecule has 0 aromatic carbocycles. The summed E-state index contributed by atoms with van der Waals surface area (Å²) >= 11 is 0. The van der Waals surface area contributed by atoms with E-state index in [1.54, 1.807) is 24.4 Å². The summed E-state index contributed by atoms with van der Waals surface area (Å²) in [6, 6.07) is 5.31. The molecule has 60 valence electrons. The van der Waals surface area contributed by atoms with Gasteiger partial charge in [0.25, 0.3) is 0 Å². The second-order valence-electron chi connectivity index (χ2n) is 1.93. The van der Waals surface area contributed by atoms with Gasteiger partial charge in [-0.15, -0.1) is 0 Å². The maximum absolute atomic E-state index is 8.92. The molecule has 0 bridgehead atoms. The fraction of sp³-hybridized carbons (Fsp3) is 0.167. The third kappa shape index (κ3) is 2.50. The number of pyridine rings is 1. The second kappa shape index (κ2) is 3.87. The standard InChI is InChI=1S/C6H10N4O/c7-10-6(11)9-5-3-1-2-4-8-5/h1-4,6,10-11H,7H2,(H,8,9)/t6-/m0/s1. The molecule has 0 saturated carbocycles. The Morgan fingerprint density at radius 1 is 1.55 bits per heavy atom. The lowest BCUT2D eigenvalue weighted by Crippen LogP contribution is -2.40. The largest absolute Gasteiger partial charge is 0.360 e. The highest BCUT2D eigenvalue weighted by Crippen LogP contribution is 1.98. The summed E-state index contributed by atoms with van der Waals surface area (Å²) in [5.41, 5.74) is 2.12. The number of hydrogen-bond donors (Lipinski definition) is 4. The Hall–Kier alpha value is -1.17. The van der Waals surface area contributed by atoms with E-state index in [9.17, 15) is 0 Å². The molecular formula is C6H10N4O. The van der Waals surface area contributed by atoms with E-state index in [1.165, 1.54) is 0 Å². The molecule has 0 radical (unpaired) electrons. The third-order valence-corrected chi connectivity index (χ3v) is 1.11. The molecule has 0 aliphatic carbocycles. The van der Waals surface area contributed by atoms with Crippen LogP contribution in [0, 0.1) is 0 Å². The van der Waals surface area contributed by atoms with E-state index in [0.717, 1.165) is 0 Å². The molecule has 0 saturated heterocycles. The molecule has 1 aromatic rings. The minimum absolute atomic E-state index is 0.568. The summed E-state index contributed by atoms with van der Waals surface area (Å²) in [4.78, 5) is 3.90. The number of aromatic nitrogens is 1. The molecular weight excluding hydrogens is 144 g/mol. The number of aliphatic hydroxyl groups excluding tert-OH is 1. The van der Waals surface area contributed by atoms with Crippen LogP contribution in [0.3, 0.4) is 0 Å². The number of hydrogen-bond acceptors (Lipinski definition) is 5. The second-order valence-corrected chi connectivity index (χ2v) is 1.93. The van der Waals surface area contributed by atoms with Crippen molar-refractivity contribution in [2.24, 2.45) is 5.84 Å². The molecule has 0 unspecified atom stereocenters. The van der Waals surface area contributed by atoms with Crippen LogP contribution < -0.4 is 16.6 Å². The zero-order valence-corrected chi connectivity index (χ0v) is 5.86. The molecule has 1 aromatic heterocycles. The Labute approximate surface area is 64.2 Å². The van der Waals surface area contributed by atoms with E-state index in [-0.39, 0.29) is 0 Å². The Balaban J connectivity index is 2.51. The first-order valence-electron chi connectivity index (χ1n) is 3.14. The van der Waals surface area contributed by atoms with Crippen molar-refractivity contribution in [2.75, 3.05) is 5.32 Å². The van der Waals surface area contributed by atoms with Gasteiger partial charge in [0.1, 0.15) is 5.82 Å². The molecule has 5 nitrogen and oxygen atoms in total. The summed E-state index contributed by atoms with van der Waals surface area (Å²) in [5, 5.41) is 11.5. The number of nitrogens with zero attached hydrogens (tertiary/aromatic N) is 1. The molecule has 0 spiro atoms. The number of nitrogens with two attached hydrogens (primary N) is 1. The molecule has 5 N–H and O–H groups in total. The van der Waals surface area contributed by atoms with Gasteiger partial charge < -0.3 is 10.4 Å². The Bertz CT molecular complexity index is 203. The van der Waals surface area contributed by atoms with Crippen molar-refractivity contribution in [1.29, 1.82) is 0 Å². The van der Waals surface area contributed by atoms with Crippen LogP contribution in [0.15, 0.2) is 24.4 Å². The fourth-order valence-electron chi connectivity index (χ4n) is 0.630. The molecule has 1 atom stereocenters. The van der Waals surface area contributed by atoms with E-state index in [4.69, 9.17) is 10.9 Å². The predicted octanol–water partition coefficient (Wildman–Crippen LogP) is -0.767. The summed E-state index contributed by atoms with van der Waals surface area (Å²) in [7, 11) is 0. The minimum atomic E-state index is -0.968. The summed E-state index contributed by atoms with van der Waals surface area (Å²) in [6.45, 7) is 0. The highest BCUT2D eigenvalue weighted by atomic mass is 16.3. The fourth-order valence-corrected chi connectivity index (χ4v) is 0.630. The molecule has 0 aliphatic heterocycles.